The number of rotatable bonds is 2. The summed E-state index contributed by atoms with van der Waals surface area (Å²) in [6.45, 7) is 3.93. The zero-order valence-corrected chi connectivity index (χ0v) is 13.8. The molecule has 2 aromatic rings. The standard InChI is InChI=1S/C16H18NO2PS/c1-3-11-9-10-14-16(15(11)17)20(18,4-2)12-7-5-6-8-13(12)21(14)19/h5-10H,3-4,17H2,1-2H3. The van der Waals surface area contributed by atoms with Crippen molar-refractivity contribution < 1.29 is 8.77 Å². The Bertz CT molecular complexity index is 801. The number of hydrogen-bond acceptors (Lipinski definition) is 3. The number of aryl methyl sites for hydroxylation is 1. The highest BCUT2D eigenvalue weighted by Crippen LogP contribution is 2.51. The number of fused-ring (bicyclic) bond motifs is 2. The molecule has 1 aliphatic rings. The fourth-order valence-electron chi connectivity index (χ4n) is 2.94. The van der Waals surface area contributed by atoms with Crippen molar-refractivity contribution in [1.82, 2.24) is 0 Å². The van der Waals surface area contributed by atoms with E-state index in [0.29, 0.717) is 32.2 Å². The second-order valence-electron chi connectivity index (χ2n) is 5.13. The third kappa shape index (κ3) is 1.93. The Morgan fingerprint density at radius 1 is 1.10 bits per heavy atom. The molecule has 1 heterocycles. The molecule has 3 rings (SSSR count). The molecule has 0 bridgehead atoms. The van der Waals surface area contributed by atoms with Gasteiger partial charge in [-0.2, -0.15) is 0 Å². The zero-order chi connectivity index (χ0) is 15.2. The van der Waals surface area contributed by atoms with Crippen molar-refractivity contribution in [3.63, 3.8) is 0 Å². The minimum absolute atomic E-state index is 0.492. The van der Waals surface area contributed by atoms with Crippen molar-refractivity contribution in [2.45, 2.75) is 30.1 Å². The van der Waals surface area contributed by atoms with E-state index in [1.165, 1.54) is 0 Å². The minimum Gasteiger partial charge on any atom is -0.398 e. The van der Waals surface area contributed by atoms with Gasteiger partial charge >= 0.3 is 0 Å². The lowest BCUT2D eigenvalue weighted by Gasteiger charge is -2.29. The Hall–Kier alpha value is -1.38. The molecule has 2 atom stereocenters. The minimum atomic E-state index is -2.81. The third-order valence-corrected chi connectivity index (χ3v) is 9.17. The average Bonchev–Trinajstić information content (AvgIpc) is 2.52. The molecule has 0 amide bonds. The molecule has 0 fully saturated rings. The highest BCUT2D eigenvalue weighted by atomic mass is 32.2. The van der Waals surface area contributed by atoms with Gasteiger partial charge in [0, 0.05) is 17.2 Å². The van der Waals surface area contributed by atoms with Crippen molar-refractivity contribution in [2.24, 2.45) is 0 Å². The Morgan fingerprint density at radius 3 is 2.48 bits per heavy atom. The van der Waals surface area contributed by atoms with Crippen molar-refractivity contribution in [3.8, 4) is 0 Å². The molecule has 110 valence electrons. The first-order chi connectivity index (χ1) is 10.0. The second kappa shape index (κ2) is 5.11. The molecule has 0 radical (unpaired) electrons. The second-order valence-corrected chi connectivity index (χ2v) is 9.59. The first-order valence-corrected chi connectivity index (χ1v) is 10.1. The molecule has 21 heavy (non-hydrogen) atoms. The maximum absolute atomic E-state index is 13.7. The average molecular weight is 319 g/mol. The molecular formula is C16H18NO2PS. The predicted octanol–water partition coefficient (Wildman–Crippen LogP) is 2.65. The van der Waals surface area contributed by atoms with E-state index in [-0.39, 0.29) is 0 Å². The van der Waals surface area contributed by atoms with Crippen LogP contribution in [0, 0.1) is 0 Å². The van der Waals surface area contributed by atoms with Gasteiger partial charge in [-0.25, -0.2) is 4.21 Å². The summed E-state index contributed by atoms with van der Waals surface area (Å²) in [4.78, 5) is 1.28. The monoisotopic (exact) mass is 319 g/mol. The lowest BCUT2D eigenvalue weighted by molar-refractivity contribution is 0.586. The summed E-state index contributed by atoms with van der Waals surface area (Å²) < 4.78 is 26.5. The summed E-state index contributed by atoms with van der Waals surface area (Å²) in [7, 11) is -4.12. The lowest BCUT2D eigenvalue weighted by atomic mass is 10.1. The number of hydrogen-bond donors (Lipinski definition) is 1. The van der Waals surface area contributed by atoms with Gasteiger partial charge in [0.25, 0.3) is 0 Å². The first-order valence-electron chi connectivity index (χ1n) is 7.07. The lowest BCUT2D eigenvalue weighted by Crippen LogP contribution is -2.32. The van der Waals surface area contributed by atoms with Crippen LogP contribution in [0.3, 0.4) is 0 Å². The van der Waals surface area contributed by atoms with Crippen molar-refractivity contribution in [1.29, 1.82) is 0 Å². The molecular weight excluding hydrogens is 301 g/mol. The van der Waals surface area contributed by atoms with Gasteiger partial charge < -0.3 is 10.3 Å². The molecule has 2 unspecified atom stereocenters. The normalized spacial score (nSPS) is 23.4. The fraction of sp³-hybridized carbons (Fsp3) is 0.250. The number of anilines is 1. The van der Waals surface area contributed by atoms with Crippen molar-refractivity contribution in [3.05, 3.63) is 42.0 Å². The van der Waals surface area contributed by atoms with E-state index in [0.717, 1.165) is 12.0 Å². The maximum atomic E-state index is 13.7. The Balaban J connectivity index is 2.43. The largest absolute Gasteiger partial charge is 0.398 e. The highest BCUT2D eigenvalue weighted by Gasteiger charge is 2.39. The molecule has 3 nitrogen and oxygen atoms in total. The van der Waals surface area contributed by atoms with Gasteiger partial charge in [-0.05, 0) is 30.2 Å². The van der Waals surface area contributed by atoms with Crippen LogP contribution in [-0.4, -0.2) is 10.4 Å². The smallest absolute Gasteiger partial charge is 0.147 e. The van der Waals surface area contributed by atoms with Crippen molar-refractivity contribution in [2.75, 3.05) is 11.9 Å². The van der Waals surface area contributed by atoms with E-state index in [9.17, 15) is 8.77 Å². The maximum Gasteiger partial charge on any atom is 0.147 e. The SMILES string of the molecule is CCc1ccc2c(c1N)P(=O)(CC)c1ccccc1S2=O. The summed E-state index contributed by atoms with van der Waals surface area (Å²) in [5, 5.41) is 1.33. The van der Waals surface area contributed by atoms with E-state index >= 15 is 0 Å². The van der Waals surface area contributed by atoms with E-state index in [1.807, 2.05) is 44.2 Å². The van der Waals surface area contributed by atoms with Gasteiger partial charge in [-0.15, -0.1) is 0 Å². The summed E-state index contributed by atoms with van der Waals surface area (Å²) in [6, 6.07) is 11.1. The quantitative estimate of drug-likeness (QED) is 0.684. The van der Waals surface area contributed by atoms with Crippen LogP contribution in [0.2, 0.25) is 0 Å². The van der Waals surface area contributed by atoms with Crippen LogP contribution in [0.5, 0.6) is 0 Å². The van der Waals surface area contributed by atoms with Crippen LogP contribution in [0.1, 0.15) is 19.4 Å². The van der Waals surface area contributed by atoms with E-state index in [2.05, 4.69) is 0 Å². The van der Waals surface area contributed by atoms with E-state index in [1.54, 1.807) is 6.07 Å². The van der Waals surface area contributed by atoms with Gasteiger partial charge in [-0.1, -0.05) is 32.0 Å². The molecule has 0 saturated heterocycles. The van der Waals surface area contributed by atoms with Crippen LogP contribution in [0.15, 0.2) is 46.2 Å². The molecule has 1 aliphatic heterocycles. The summed E-state index contributed by atoms with van der Waals surface area (Å²) in [5.41, 5.74) is 7.81. The van der Waals surface area contributed by atoms with Gasteiger partial charge in [-0.3, -0.25) is 0 Å². The number of nitrogen functional groups attached to an aromatic ring is 1. The molecule has 0 saturated carbocycles. The molecule has 5 heteroatoms. The summed E-state index contributed by atoms with van der Waals surface area (Å²) in [6.07, 6.45) is 1.27. The van der Waals surface area contributed by atoms with Crippen LogP contribution in [0.25, 0.3) is 0 Å². The topological polar surface area (TPSA) is 60.2 Å². The molecule has 0 aliphatic carbocycles. The predicted molar refractivity (Wildman–Crippen MR) is 88.8 cm³/mol. The van der Waals surface area contributed by atoms with Crippen LogP contribution < -0.4 is 16.3 Å². The van der Waals surface area contributed by atoms with Crippen molar-refractivity contribution >= 4 is 34.2 Å². The first kappa shape index (κ1) is 14.6. The van der Waals surface area contributed by atoms with Gasteiger partial charge in [0.1, 0.15) is 7.14 Å². The molecule has 0 aromatic heterocycles. The fourth-order valence-corrected chi connectivity index (χ4v) is 8.12. The summed E-state index contributed by atoms with van der Waals surface area (Å²) in [5.74, 6) is 0. The Labute approximate surface area is 127 Å². The highest BCUT2D eigenvalue weighted by molar-refractivity contribution is 7.90. The number of nitrogens with two attached hydrogens (primary N) is 1. The van der Waals surface area contributed by atoms with Gasteiger partial charge in [0.05, 0.1) is 25.9 Å². The molecule has 0 spiro atoms. The van der Waals surface area contributed by atoms with E-state index in [4.69, 9.17) is 5.73 Å². The molecule has 2 aromatic carbocycles. The van der Waals surface area contributed by atoms with Gasteiger partial charge in [0.2, 0.25) is 0 Å². The van der Waals surface area contributed by atoms with Crippen LogP contribution in [-0.2, 0) is 21.8 Å². The number of benzene rings is 2. The third-order valence-electron chi connectivity index (χ3n) is 4.11. The van der Waals surface area contributed by atoms with Crippen LogP contribution in [0.4, 0.5) is 5.69 Å². The van der Waals surface area contributed by atoms with E-state index < -0.39 is 17.9 Å². The molecule has 2 N–H and O–H groups in total. The van der Waals surface area contributed by atoms with Crippen LogP contribution >= 0.6 is 7.14 Å². The zero-order valence-electron chi connectivity index (χ0n) is 12.1. The summed E-state index contributed by atoms with van der Waals surface area (Å²) >= 11 is 0. The van der Waals surface area contributed by atoms with Gasteiger partial charge in [0.15, 0.2) is 0 Å². The Kier molecular flexibility index (Phi) is 3.54. The Morgan fingerprint density at radius 2 is 1.81 bits per heavy atom.